The summed E-state index contributed by atoms with van der Waals surface area (Å²) in [6, 6.07) is 25.0. The van der Waals surface area contributed by atoms with E-state index in [0.717, 1.165) is 121 Å². The summed E-state index contributed by atoms with van der Waals surface area (Å²) in [6.07, 6.45) is 16.6. The highest BCUT2D eigenvalue weighted by Crippen LogP contribution is 2.60. The van der Waals surface area contributed by atoms with Gasteiger partial charge in [-0.25, -0.2) is 47.5 Å². The molecule has 8 heterocycles. The number of anilines is 1. The fraction of sp³-hybridized carbons (Fsp3) is 0.421. The third-order valence-corrected chi connectivity index (χ3v) is 18.5. The van der Waals surface area contributed by atoms with Crippen LogP contribution in [0.1, 0.15) is 112 Å². The van der Waals surface area contributed by atoms with Gasteiger partial charge in [0.05, 0.1) is 34.4 Å². The number of amides is 2. The molecule has 2 amide bonds. The Bertz CT molecular complexity index is 4130. The van der Waals surface area contributed by atoms with Crippen LogP contribution in [-0.2, 0) is 9.47 Å². The molecule has 8 aliphatic rings. The lowest BCUT2D eigenvalue weighted by Gasteiger charge is -2.25. The number of halogens is 4. The topological polar surface area (TPSA) is 154 Å². The maximum absolute atomic E-state index is 13.7. The van der Waals surface area contributed by atoms with Gasteiger partial charge in [0.25, 0.3) is 0 Å². The van der Waals surface area contributed by atoms with Crippen LogP contribution >= 0.6 is 15.9 Å². The summed E-state index contributed by atoms with van der Waals surface area (Å²) in [5.74, 6) is 23.2. The molecule has 8 unspecified atom stereocenters. The Kier molecular flexibility index (Phi) is 21.0. The lowest BCUT2D eigenvalue weighted by Crippen LogP contribution is -2.37. The number of nitriles is 1. The predicted molar refractivity (Wildman–Crippen MR) is 360 cm³/mol. The predicted octanol–water partition coefficient (Wildman–Crippen LogP) is 14.2. The Labute approximate surface area is 559 Å². The molecule has 0 radical (unpaired) electrons. The van der Waals surface area contributed by atoms with E-state index < -0.39 is 22.8 Å². The van der Waals surface area contributed by atoms with E-state index in [9.17, 15) is 22.8 Å². The molecule has 6 aromatic rings. The van der Waals surface area contributed by atoms with Crippen molar-refractivity contribution in [1.82, 2.24) is 35.1 Å². The van der Waals surface area contributed by atoms with Gasteiger partial charge in [0.1, 0.15) is 50.3 Å². The number of benzene rings is 2. The molecule has 0 bridgehead atoms. The van der Waals surface area contributed by atoms with E-state index in [-0.39, 0.29) is 39.9 Å². The Balaban J connectivity index is 0.000000138. The number of piperidine rings is 4. The first-order chi connectivity index (χ1) is 44.6. The minimum absolute atomic E-state index is 0.0108. The number of nitrogens with one attached hydrogen (secondary N) is 1. The molecule has 4 saturated heterocycles. The first-order valence-corrected chi connectivity index (χ1v) is 32.2. The number of terminal acetylenes is 1. The number of carbonyl (C=O) groups is 2. The number of nitrogens with zero attached hydrogens (tertiary/aromatic N) is 9. The second-order valence-corrected chi connectivity index (χ2v) is 28.3. The molecule has 18 heteroatoms. The van der Waals surface area contributed by atoms with Gasteiger partial charge in [0.15, 0.2) is 5.69 Å². The minimum Gasteiger partial charge on any atom is -0.444 e. The van der Waals surface area contributed by atoms with E-state index in [1.807, 2.05) is 117 Å². The molecular formula is C76H78BrF3N10O4. The molecule has 14 rings (SSSR count). The second kappa shape index (κ2) is 28.6. The lowest BCUT2D eigenvalue weighted by molar-refractivity contribution is 0.0258. The Morgan fingerprint density at radius 2 is 1.05 bits per heavy atom. The Hall–Kier alpha value is -9.17. The summed E-state index contributed by atoms with van der Waals surface area (Å²) >= 11 is 3.28. The van der Waals surface area contributed by atoms with Crippen molar-refractivity contribution in [3.63, 3.8) is 0 Å². The standard InChI is InChI=1S/C20H16FN3.C18H22N2O2.C13H14N2.C12H17NO2.C7H3F2N.C6H6BrN/c1-14-3-2-6-23-19(14)4-5-20-10-16(20)12-24(13-20)18-8-15(11-22)7-17(21)9-18;1-13-6-5-9-19-15(13)7-8-18-10-14(18)11-20(12-18)16(21)22-17(2,3)4;1-10-3-2-6-15-12(10)4-5-13-7-11(13)8-14-9-13;1-5-12-6-9(12)7-13(8-12)10(14)15-11(2,3)4;1-10-7-3-5(8)2-6(9)4-7;1-5-3-2-4-8-6(5)7/h2-3,6-9,16H,10,12-13H2,1H3;5-6,9,14H,10-12H2,1-4H3;2-3,6,11,14H,7-9H2,1H3;1,9H,6-8H2,2-4H3;2-4H;2-4H,1H3. The highest BCUT2D eigenvalue weighted by atomic mass is 79.9. The van der Waals surface area contributed by atoms with Crippen molar-refractivity contribution in [2.24, 2.45) is 45.3 Å². The summed E-state index contributed by atoms with van der Waals surface area (Å²) in [5, 5.41) is 12.4. The number of aryl methyl sites for hydroxylation is 4. The van der Waals surface area contributed by atoms with Gasteiger partial charge < -0.3 is 29.5 Å². The van der Waals surface area contributed by atoms with E-state index >= 15 is 0 Å². The Morgan fingerprint density at radius 3 is 1.47 bits per heavy atom. The SMILES string of the molecule is C#CC12CC1CN(C(=O)OC(C)(C)C)C2.Cc1cccnc1Br.Cc1cccnc1C#CC12CC1CN(C(=O)OC(C)(C)C)C2.Cc1cccnc1C#CC12CC1CN(c1cc(F)cc(C#N)c1)C2.Cc1cccnc1C#CC12CNCC1C2.[C-]#[N+]c1cc(F)cc(F)c1. The number of fused-ring (bicyclic) bond motifs is 4. The number of hydrogen-bond donors (Lipinski definition) is 1. The summed E-state index contributed by atoms with van der Waals surface area (Å²) < 4.78 is 49.8. The zero-order chi connectivity index (χ0) is 67.8. The van der Waals surface area contributed by atoms with Crippen LogP contribution in [0.5, 0.6) is 0 Å². The number of ether oxygens (including phenoxy) is 2. The van der Waals surface area contributed by atoms with Crippen molar-refractivity contribution in [2.45, 2.75) is 106 Å². The van der Waals surface area contributed by atoms with Crippen molar-refractivity contribution in [3.8, 4) is 53.9 Å². The van der Waals surface area contributed by atoms with Gasteiger partial charge in [-0.3, -0.25) is 0 Å². The molecule has 94 heavy (non-hydrogen) atoms. The van der Waals surface area contributed by atoms with E-state index in [1.165, 1.54) is 29.7 Å². The van der Waals surface area contributed by atoms with E-state index in [4.69, 9.17) is 27.7 Å². The fourth-order valence-electron chi connectivity index (χ4n) is 12.0. The van der Waals surface area contributed by atoms with Gasteiger partial charge in [-0.1, -0.05) is 47.9 Å². The van der Waals surface area contributed by atoms with Crippen LogP contribution in [0.2, 0.25) is 0 Å². The van der Waals surface area contributed by atoms with Crippen LogP contribution in [0.15, 0.2) is 114 Å². The van der Waals surface area contributed by atoms with E-state index in [2.05, 4.69) is 105 Å². The van der Waals surface area contributed by atoms with Gasteiger partial charge >= 0.3 is 12.2 Å². The number of likely N-dealkylation sites (tertiary alicyclic amines) is 2. The highest BCUT2D eigenvalue weighted by Gasteiger charge is 2.62. The molecule has 0 spiro atoms. The molecule has 8 fully saturated rings. The van der Waals surface area contributed by atoms with Crippen molar-refractivity contribution in [2.75, 3.05) is 57.3 Å². The largest absolute Gasteiger partial charge is 0.444 e. The number of hydrogen-bond acceptors (Lipinski definition) is 11. The molecule has 14 nitrogen and oxygen atoms in total. The molecule has 4 saturated carbocycles. The van der Waals surface area contributed by atoms with Crippen LogP contribution < -0.4 is 10.2 Å². The van der Waals surface area contributed by atoms with Gasteiger partial charge in [-0.2, -0.15) is 5.26 Å². The van der Waals surface area contributed by atoms with Crippen molar-refractivity contribution in [1.29, 1.82) is 5.26 Å². The van der Waals surface area contributed by atoms with E-state index in [1.54, 1.807) is 34.5 Å². The van der Waals surface area contributed by atoms with Crippen LogP contribution in [0.4, 0.5) is 34.1 Å². The second-order valence-electron chi connectivity index (χ2n) is 27.5. The normalized spacial score (nSPS) is 24.3. The van der Waals surface area contributed by atoms with Gasteiger partial charge in [-0.15, -0.1) is 6.42 Å². The third kappa shape index (κ3) is 17.9. The summed E-state index contributed by atoms with van der Waals surface area (Å²) in [7, 11) is 0. The first-order valence-electron chi connectivity index (χ1n) is 31.4. The maximum Gasteiger partial charge on any atom is 0.410 e. The molecule has 8 atom stereocenters. The molecule has 484 valence electrons. The first kappa shape index (κ1) is 69.2. The minimum atomic E-state index is -0.717. The monoisotopic (exact) mass is 1330 g/mol. The molecule has 4 aliphatic heterocycles. The molecular weight excluding hydrogens is 1250 g/mol. The lowest BCUT2D eigenvalue weighted by atomic mass is 10.1. The van der Waals surface area contributed by atoms with Crippen LogP contribution in [0.25, 0.3) is 4.85 Å². The summed E-state index contributed by atoms with van der Waals surface area (Å²) in [5.41, 5.74) is 7.57. The number of rotatable bonds is 1. The number of carbonyl (C=O) groups excluding carboxylic acids is 2. The molecule has 4 aromatic heterocycles. The van der Waals surface area contributed by atoms with Gasteiger partial charge in [-0.05, 0) is 236 Å². The van der Waals surface area contributed by atoms with Gasteiger partial charge in [0.2, 0.25) is 0 Å². The van der Waals surface area contributed by atoms with E-state index in [0.29, 0.717) is 41.8 Å². The number of pyridine rings is 4. The van der Waals surface area contributed by atoms with Crippen LogP contribution in [0.3, 0.4) is 0 Å². The highest BCUT2D eigenvalue weighted by molar-refractivity contribution is 9.10. The van der Waals surface area contributed by atoms with Crippen LogP contribution in [0, 0.1) is 156 Å². The molecule has 4 aliphatic carbocycles. The average molecular weight is 1330 g/mol. The maximum atomic E-state index is 13.7. The average Bonchev–Trinajstić information content (AvgIpc) is 1.60. The zero-order valence-corrected chi connectivity index (χ0v) is 56.5. The fourth-order valence-corrected chi connectivity index (χ4v) is 12.3. The summed E-state index contributed by atoms with van der Waals surface area (Å²) in [6.45, 7) is 32.5. The summed E-state index contributed by atoms with van der Waals surface area (Å²) in [4.78, 5) is 49.3. The quantitative estimate of drug-likeness (QED) is 0.0950. The molecule has 1 N–H and O–H groups in total. The third-order valence-electron chi connectivity index (χ3n) is 17.7. The Morgan fingerprint density at radius 1 is 0.617 bits per heavy atom. The van der Waals surface area contributed by atoms with Crippen molar-refractivity contribution in [3.05, 3.63) is 188 Å². The van der Waals surface area contributed by atoms with Gasteiger partial charge in [0, 0.05) is 87.8 Å². The number of aromatic nitrogens is 4. The van der Waals surface area contributed by atoms with Crippen molar-refractivity contribution < 1.29 is 32.2 Å². The van der Waals surface area contributed by atoms with Crippen LogP contribution in [-0.4, -0.2) is 105 Å². The van der Waals surface area contributed by atoms with Crippen molar-refractivity contribution >= 4 is 39.5 Å². The zero-order valence-electron chi connectivity index (χ0n) is 54.9. The smallest absolute Gasteiger partial charge is 0.410 e. The molecule has 2 aromatic carbocycles.